The average molecular weight is 373 g/mol. The minimum absolute atomic E-state index is 0.0301. The van der Waals surface area contributed by atoms with Gasteiger partial charge in [-0.2, -0.15) is 0 Å². The van der Waals surface area contributed by atoms with Gasteiger partial charge in [0, 0.05) is 25.5 Å². The molecule has 136 valence electrons. The normalized spacial score (nSPS) is 17.3. The second kappa shape index (κ2) is 6.24. The Labute approximate surface area is 152 Å². The summed E-state index contributed by atoms with van der Waals surface area (Å²) in [7, 11) is 3.25. The van der Waals surface area contributed by atoms with Crippen LogP contribution in [-0.2, 0) is 25.4 Å². The van der Waals surface area contributed by atoms with Gasteiger partial charge >= 0.3 is 5.69 Å². The van der Waals surface area contributed by atoms with Crippen molar-refractivity contribution in [3.05, 3.63) is 49.6 Å². The summed E-state index contributed by atoms with van der Waals surface area (Å²) in [5.41, 5.74) is -0.371. The first-order valence-electron chi connectivity index (χ1n) is 8.42. The van der Waals surface area contributed by atoms with Crippen LogP contribution in [-0.4, -0.2) is 36.0 Å². The predicted molar refractivity (Wildman–Crippen MR) is 98.2 cm³/mol. The second-order valence-electron chi connectivity index (χ2n) is 6.52. The molecule has 0 aromatic carbocycles. The molecule has 0 spiro atoms. The van der Waals surface area contributed by atoms with Gasteiger partial charge in [-0.05, 0) is 24.3 Å². The smallest absolute Gasteiger partial charge is 0.332 e. The zero-order chi connectivity index (χ0) is 18.4. The van der Waals surface area contributed by atoms with Crippen molar-refractivity contribution in [1.29, 1.82) is 0 Å². The lowest BCUT2D eigenvalue weighted by atomic mass is 10.2. The highest BCUT2D eigenvalue weighted by molar-refractivity contribution is 7.10. The number of aryl methyl sites for hydroxylation is 2. The highest BCUT2D eigenvalue weighted by Gasteiger charge is 2.31. The van der Waals surface area contributed by atoms with E-state index in [1.54, 1.807) is 34.9 Å². The van der Waals surface area contributed by atoms with E-state index in [0.29, 0.717) is 17.7 Å². The number of thiophene rings is 1. The van der Waals surface area contributed by atoms with Crippen molar-refractivity contribution in [3.63, 3.8) is 0 Å². The fourth-order valence-electron chi connectivity index (χ4n) is 3.60. The number of rotatable bonds is 3. The van der Waals surface area contributed by atoms with Gasteiger partial charge in [-0.15, -0.1) is 11.3 Å². The fourth-order valence-corrected chi connectivity index (χ4v) is 4.48. The number of fused-ring (bicyclic) bond motifs is 1. The van der Waals surface area contributed by atoms with Crippen LogP contribution in [0.2, 0.25) is 0 Å². The van der Waals surface area contributed by atoms with E-state index in [1.807, 2.05) is 17.5 Å². The van der Waals surface area contributed by atoms with Gasteiger partial charge in [0.15, 0.2) is 11.2 Å². The quantitative estimate of drug-likeness (QED) is 0.682. The van der Waals surface area contributed by atoms with Crippen LogP contribution in [0, 0.1) is 0 Å². The van der Waals surface area contributed by atoms with Gasteiger partial charge in [-0.3, -0.25) is 14.2 Å². The van der Waals surface area contributed by atoms with E-state index >= 15 is 0 Å². The highest BCUT2D eigenvalue weighted by Crippen LogP contribution is 2.34. The molecular formula is C17H19N5O3S. The van der Waals surface area contributed by atoms with Crippen LogP contribution in [0.3, 0.4) is 0 Å². The first kappa shape index (κ1) is 16.8. The number of imidazole rings is 1. The molecule has 0 aliphatic carbocycles. The number of aromatic nitrogens is 4. The van der Waals surface area contributed by atoms with Crippen molar-refractivity contribution >= 4 is 28.4 Å². The Hall–Kier alpha value is -2.68. The van der Waals surface area contributed by atoms with E-state index < -0.39 is 11.2 Å². The van der Waals surface area contributed by atoms with Crippen LogP contribution in [0.15, 0.2) is 33.4 Å². The van der Waals surface area contributed by atoms with Crippen LogP contribution in [0.1, 0.15) is 23.8 Å². The molecule has 0 bridgehead atoms. The van der Waals surface area contributed by atoms with Crippen LogP contribution < -0.4 is 11.2 Å². The maximum absolute atomic E-state index is 12.9. The molecule has 0 radical (unpaired) electrons. The number of carbonyl (C=O) groups excluding carboxylic acids is 1. The van der Waals surface area contributed by atoms with Gasteiger partial charge in [0.1, 0.15) is 6.54 Å². The van der Waals surface area contributed by atoms with Crippen LogP contribution >= 0.6 is 11.3 Å². The predicted octanol–water partition coefficient (Wildman–Crippen LogP) is 0.859. The van der Waals surface area contributed by atoms with E-state index in [9.17, 15) is 14.4 Å². The molecule has 9 heteroatoms. The lowest BCUT2D eigenvalue weighted by Crippen LogP contribution is -2.44. The maximum atomic E-state index is 12.9. The molecule has 1 unspecified atom stereocenters. The Morgan fingerprint density at radius 1 is 1.35 bits per heavy atom. The molecular weight excluding hydrogens is 354 g/mol. The Kier molecular flexibility index (Phi) is 4.03. The third-order valence-corrected chi connectivity index (χ3v) is 5.91. The fraction of sp³-hybridized carbons (Fsp3) is 0.412. The lowest BCUT2D eigenvalue weighted by Gasteiger charge is -2.24. The van der Waals surface area contributed by atoms with E-state index in [0.717, 1.165) is 22.3 Å². The minimum Gasteiger partial charge on any atom is -0.333 e. The molecule has 8 nitrogen and oxygen atoms in total. The number of hydrogen-bond donors (Lipinski definition) is 0. The molecule has 0 saturated carbocycles. The summed E-state index contributed by atoms with van der Waals surface area (Å²) in [6.07, 6.45) is 3.31. The zero-order valence-corrected chi connectivity index (χ0v) is 15.4. The molecule has 1 aliphatic rings. The van der Waals surface area contributed by atoms with Crippen molar-refractivity contribution in [2.45, 2.75) is 25.4 Å². The first-order valence-corrected chi connectivity index (χ1v) is 9.30. The molecule has 1 fully saturated rings. The largest absolute Gasteiger partial charge is 0.333 e. The maximum Gasteiger partial charge on any atom is 0.332 e. The summed E-state index contributed by atoms with van der Waals surface area (Å²) in [6, 6.07) is 4.02. The Morgan fingerprint density at radius 3 is 2.88 bits per heavy atom. The van der Waals surface area contributed by atoms with Crippen molar-refractivity contribution < 1.29 is 4.79 Å². The van der Waals surface area contributed by atoms with Gasteiger partial charge in [0.2, 0.25) is 5.91 Å². The number of hydrogen-bond acceptors (Lipinski definition) is 5. The first-order chi connectivity index (χ1) is 12.5. The summed E-state index contributed by atoms with van der Waals surface area (Å²) >= 11 is 1.62. The van der Waals surface area contributed by atoms with Crippen molar-refractivity contribution in [3.8, 4) is 0 Å². The summed E-state index contributed by atoms with van der Waals surface area (Å²) in [6.45, 7) is 0.388. The van der Waals surface area contributed by atoms with Crippen molar-refractivity contribution in [1.82, 2.24) is 23.6 Å². The molecule has 1 atom stereocenters. The number of amides is 1. The summed E-state index contributed by atoms with van der Waals surface area (Å²) < 4.78 is 3.89. The van der Waals surface area contributed by atoms with Gasteiger partial charge < -0.3 is 9.47 Å². The molecule has 1 saturated heterocycles. The molecule has 3 aromatic rings. The molecule has 3 aromatic heterocycles. The molecule has 1 amide bonds. The van der Waals surface area contributed by atoms with E-state index in [2.05, 4.69) is 4.98 Å². The van der Waals surface area contributed by atoms with Gasteiger partial charge in [0.25, 0.3) is 5.56 Å². The molecule has 26 heavy (non-hydrogen) atoms. The van der Waals surface area contributed by atoms with Crippen molar-refractivity contribution in [2.75, 3.05) is 6.54 Å². The van der Waals surface area contributed by atoms with Gasteiger partial charge in [-0.1, -0.05) is 6.07 Å². The third-order valence-electron chi connectivity index (χ3n) is 4.94. The summed E-state index contributed by atoms with van der Waals surface area (Å²) in [4.78, 5) is 45.3. The molecule has 4 rings (SSSR count). The highest BCUT2D eigenvalue weighted by atomic mass is 32.1. The molecule has 1 aliphatic heterocycles. The van der Waals surface area contributed by atoms with Crippen LogP contribution in [0.5, 0.6) is 0 Å². The van der Waals surface area contributed by atoms with E-state index in [1.165, 1.54) is 10.9 Å². The van der Waals surface area contributed by atoms with Crippen LogP contribution in [0.25, 0.3) is 11.2 Å². The molecule has 0 N–H and O–H groups in total. The standard InChI is InChI=1S/C17H19N5O3S/c1-19-10-18-15-14(19)16(24)22(17(25)20(15)2)9-13(23)21-7-3-5-11(21)12-6-4-8-26-12/h4,6,8,10-11H,3,5,7,9H2,1-2H3. The number of likely N-dealkylation sites (tertiary alicyclic amines) is 1. The number of nitrogens with zero attached hydrogens (tertiary/aromatic N) is 5. The lowest BCUT2D eigenvalue weighted by molar-refractivity contribution is -0.132. The van der Waals surface area contributed by atoms with Crippen molar-refractivity contribution in [2.24, 2.45) is 14.1 Å². The second-order valence-corrected chi connectivity index (χ2v) is 7.50. The Morgan fingerprint density at radius 2 is 2.15 bits per heavy atom. The number of carbonyl (C=O) groups is 1. The van der Waals surface area contributed by atoms with Crippen LogP contribution in [0.4, 0.5) is 0 Å². The Balaban J connectivity index is 1.71. The Bertz CT molecular complexity index is 1090. The van der Waals surface area contributed by atoms with E-state index in [-0.39, 0.29) is 18.5 Å². The average Bonchev–Trinajstić information content (AvgIpc) is 3.35. The van der Waals surface area contributed by atoms with Gasteiger partial charge in [0.05, 0.1) is 12.4 Å². The minimum atomic E-state index is -0.526. The zero-order valence-electron chi connectivity index (χ0n) is 14.6. The van der Waals surface area contributed by atoms with E-state index in [4.69, 9.17) is 0 Å². The molecule has 4 heterocycles. The monoisotopic (exact) mass is 373 g/mol. The SMILES string of the molecule is Cn1cnc2c1c(=O)n(CC(=O)N1CCCC1c1cccs1)c(=O)n2C. The summed E-state index contributed by atoms with van der Waals surface area (Å²) in [5, 5.41) is 1.99. The van der Waals surface area contributed by atoms with Gasteiger partial charge in [-0.25, -0.2) is 14.3 Å². The third kappa shape index (κ3) is 2.50. The topological polar surface area (TPSA) is 82.1 Å². The summed E-state index contributed by atoms with van der Waals surface area (Å²) in [5.74, 6) is -0.207.